The third kappa shape index (κ3) is 3.68. The quantitative estimate of drug-likeness (QED) is 0.530. The lowest BCUT2D eigenvalue weighted by atomic mass is 10.3. The maximum absolute atomic E-state index is 12.6. The molecule has 1 aromatic carbocycles. The lowest BCUT2D eigenvalue weighted by Crippen LogP contribution is -2.20. The standard InChI is InChI=1S/C17H13Cl2N5O2/c1-10-13(9-21-22-16(25)11-3-2-6-20-8-11)17(26)24(23-10)15-7-12(18)4-5-14(15)19/h2-9,23H,1H3,(H,22,25). The normalized spacial score (nSPS) is 11.0. The van der Waals surface area contributed by atoms with Gasteiger partial charge < -0.3 is 0 Å². The summed E-state index contributed by atoms with van der Waals surface area (Å²) in [4.78, 5) is 28.4. The van der Waals surface area contributed by atoms with Gasteiger partial charge in [-0.25, -0.2) is 10.1 Å². The predicted octanol–water partition coefficient (Wildman–Crippen LogP) is 2.94. The van der Waals surface area contributed by atoms with Gasteiger partial charge >= 0.3 is 0 Å². The summed E-state index contributed by atoms with van der Waals surface area (Å²) >= 11 is 12.1. The highest BCUT2D eigenvalue weighted by Crippen LogP contribution is 2.23. The van der Waals surface area contributed by atoms with Crippen LogP contribution in [-0.2, 0) is 0 Å². The number of aryl methyl sites for hydroxylation is 1. The van der Waals surface area contributed by atoms with E-state index in [0.717, 1.165) is 0 Å². The molecule has 2 N–H and O–H groups in total. The Hall–Kier alpha value is -2.90. The maximum atomic E-state index is 12.6. The Balaban J connectivity index is 1.86. The van der Waals surface area contributed by atoms with E-state index < -0.39 is 5.91 Å². The van der Waals surface area contributed by atoms with Crippen molar-refractivity contribution in [3.8, 4) is 5.69 Å². The first-order chi connectivity index (χ1) is 12.5. The number of aromatic nitrogens is 3. The molecule has 0 saturated carbocycles. The van der Waals surface area contributed by atoms with Crippen LogP contribution in [0.1, 0.15) is 21.6 Å². The number of H-pyrrole nitrogens is 1. The summed E-state index contributed by atoms with van der Waals surface area (Å²) < 4.78 is 1.27. The average molecular weight is 390 g/mol. The van der Waals surface area contributed by atoms with Crippen molar-refractivity contribution in [1.29, 1.82) is 0 Å². The SMILES string of the molecule is Cc1[nH]n(-c2cc(Cl)ccc2Cl)c(=O)c1C=NNC(=O)c1cccnc1. The Morgan fingerprint density at radius 1 is 1.35 bits per heavy atom. The highest BCUT2D eigenvalue weighted by Gasteiger charge is 2.13. The molecule has 9 heteroatoms. The van der Waals surface area contributed by atoms with E-state index in [2.05, 4.69) is 20.6 Å². The molecule has 0 aliphatic heterocycles. The number of nitrogens with one attached hydrogen (secondary N) is 2. The second kappa shape index (κ2) is 7.55. The summed E-state index contributed by atoms with van der Waals surface area (Å²) in [5.74, 6) is -0.430. The molecule has 0 bridgehead atoms. The third-order valence-electron chi connectivity index (χ3n) is 3.55. The smallest absolute Gasteiger partial charge is 0.280 e. The van der Waals surface area contributed by atoms with Crippen LogP contribution in [0.25, 0.3) is 5.69 Å². The van der Waals surface area contributed by atoms with E-state index in [1.165, 1.54) is 17.1 Å². The zero-order chi connectivity index (χ0) is 18.7. The fraction of sp³-hybridized carbons (Fsp3) is 0.0588. The molecule has 26 heavy (non-hydrogen) atoms. The highest BCUT2D eigenvalue weighted by molar-refractivity contribution is 6.34. The molecule has 3 rings (SSSR count). The maximum Gasteiger partial charge on any atom is 0.280 e. The first-order valence-corrected chi connectivity index (χ1v) is 8.23. The number of carbonyl (C=O) groups excluding carboxylic acids is 1. The van der Waals surface area contributed by atoms with Crippen molar-refractivity contribution in [3.05, 3.63) is 79.9 Å². The zero-order valence-electron chi connectivity index (χ0n) is 13.5. The second-order valence-corrected chi connectivity index (χ2v) is 6.17. The third-order valence-corrected chi connectivity index (χ3v) is 4.10. The number of rotatable bonds is 4. The minimum Gasteiger partial charge on any atom is -0.295 e. The van der Waals surface area contributed by atoms with Gasteiger partial charge in [0.05, 0.1) is 28.1 Å². The topological polar surface area (TPSA) is 92.1 Å². The average Bonchev–Trinajstić information content (AvgIpc) is 2.92. The van der Waals surface area contributed by atoms with Crippen molar-refractivity contribution in [3.63, 3.8) is 0 Å². The number of halogens is 2. The molecule has 0 fully saturated rings. The van der Waals surface area contributed by atoms with Crippen LogP contribution in [0.4, 0.5) is 0 Å². The van der Waals surface area contributed by atoms with Gasteiger partial charge in [0, 0.05) is 23.1 Å². The van der Waals surface area contributed by atoms with Crippen molar-refractivity contribution in [2.75, 3.05) is 0 Å². The first-order valence-electron chi connectivity index (χ1n) is 7.48. The Bertz CT molecular complexity index is 1040. The molecule has 3 aromatic rings. The zero-order valence-corrected chi connectivity index (χ0v) is 15.0. The molecule has 1 amide bonds. The second-order valence-electron chi connectivity index (χ2n) is 5.33. The largest absolute Gasteiger partial charge is 0.295 e. The molecule has 7 nitrogen and oxygen atoms in total. The molecule has 2 aromatic heterocycles. The van der Waals surface area contributed by atoms with Gasteiger partial charge in [0.25, 0.3) is 11.5 Å². The monoisotopic (exact) mass is 389 g/mol. The Morgan fingerprint density at radius 3 is 2.88 bits per heavy atom. The van der Waals surface area contributed by atoms with Crippen LogP contribution in [0, 0.1) is 6.92 Å². The number of aromatic amines is 1. The summed E-state index contributed by atoms with van der Waals surface area (Å²) in [5.41, 5.74) is 3.61. The van der Waals surface area contributed by atoms with E-state index in [9.17, 15) is 9.59 Å². The summed E-state index contributed by atoms with van der Waals surface area (Å²) in [6.07, 6.45) is 4.25. The van der Waals surface area contributed by atoms with Crippen LogP contribution in [0.3, 0.4) is 0 Å². The van der Waals surface area contributed by atoms with Gasteiger partial charge in [-0.2, -0.15) is 5.10 Å². The lowest BCUT2D eigenvalue weighted by Gasteiger charge is -2.04. The van der Waals surface area contributed by atoms with Crippen molar-refractivity contribution in [2.45, 2.75) is 6.92 Å². The minimum atomic E-state index is -0.430. The molecule has 0 unspecified atom stereocenters. The van der Waals surface area contributed by atoms with Crippen molar-refractivity contribution in [1.82, 2.24) is 20.2 Å². The van der Waals surface area contributed by atoms with Gasteiger partial charge in [-0.05, 0) is 37.3 Å². The molecule has 0 aliphatic rings. The van der Waals surface area contributed by atoms with Crippen molar-refractivity contribution in [2.24, 2.45) is 5.10 Å². The number of hydrazone groups is 1. The molecule has 132 valence electrons. The fourth-order valence-corrected chi connectivity index (χ4v) is 2.62. The van der Waals surface area contributed by atoms with E-state index in [1.807, 2.05) is 0 Å². The Labute approximate surface area is 158 Å². The predicted molar refractivity (Wildman–Crippen MR) is 100 cm³/mol. The summed E-state index contributed by atoms with van der Waals surface area (Å²) in [6.45, 7) is 1.71. The van der Waals surface area contributed by atoms with Gasteiger partial charge in [-0.1, -0.05) is 23.2 Å². The summed E-state index contributed by atoms with van der Waals surface area (Å²) in [5, 5.41) is 7.57. The Morgan fingerprint density at radius 2 is 2.15 bits per heavy atom. The molecule has 2 heterocycles. The fourth-order valence-electron chi connectivity index (χ4n) is 2.26. The number of nitrogens with zero attached hydrogens (tertiary/aromatic N) is 3. The van der Waals surface area contributed by atoms with Crippen molar-refractivity contribution >= 4 is 35.3 Å². The Kier molecular flexibility index (Phi) is 5.20. The summed E-state index contributed by atoms with van der Waals surface area (Å²) in [6, 6.07) is 8.05. The van der Waals surface area contributed by atoms with Gasteiger partial charge in [-0.3, -0.25) is 19.7 Å². The van der Waals surface area contributed by atoms with Crippen LogP contribution in [0.2, 0.25) is 10.0 Å². The van der Waals surface area contributed by atoms with Crippen LogP contribution in [-0.4, -0.2) is 26.9 Å². The van der Waals surface area contributed by atoms with E-state index in [-0.39, 0.29) is 11.1 Å². The number of benzene rings is 1. The van der Waals surface area contributed by atoms with Gasteiger partial charge in [-0.15, -0.1) is 0 Å². The minimum absolute atomic E-state index is 0.285. The summed E-state index contributed by atoms with van der Waals surface area (Å²) in [7, 11) is 0. The van der Waals surface area contributed by atoms with Crippen molar-refractivity contribution < 1.29 is 4.79 Å². The van der Waals surface area contributed by atoms with E-state index in [1.54, 1.807) is 43.5 Å². The number of carbonyl (C=O) groups is 1. The molecular formula is C17H13Cl2N5O2. The van der Waals surface area contributed by atoms with Crippen LogP contribution < -0.4 is 11.0 Å². The van der Waals surface area contributed by atoms with E-state index in [0.29, 0.717) is 27.0 Å². The molecule has 0 radical (unpaired) electrons. The molecule has 0 atom stereocenters. The molecular weight excluding hydrogens is 377 g/mol. The molecule has 0 aliphatic carbocycles. The van der Waals surface area contributed by atoms with Crippen LogP contribution in [0.15, 0.2) is 52.6 Å². The van der Waals surface area contributed by atoms with Gasteiger partial charge in [0.2, 0.25) is 0 Å². The number of pyridine rings is 1. The van der Waals surface area contributed by atoms with E-state index in [4.69, 9.17) is 23.2 Å². The van der Waals surface area contributed by atoms with Crippen LogP contribution >= 0.6 is 23.2 Å². The van der Waals surface area contributed by atoms with Crippen LogP contribution in [0.5, 0.6) is 0 Å². The molecule has 0 spiro atoms. The number of hydrogen-bond donors (Lipinski definition) is 2. The lowest BCUT2D eigenvalue weighted by molar-refractivity contribution is 0.0955. The molecule has 0 saturated heterocycles. The van der Waals surface area contributed by atoms with Gasteiger partial charge in [0.1, 0.15) is 0 Å². The number of hydrogen-bond acceptors (Lipinski definition) is 4. The first kappa shape index (κ1) is 17.9. The highest BCUT2D eigenvalue weighted by atomic mass is 35.5. The van der Waals surface area contributed by atoms with E-state index >= 15 is 0 Å². The number of amides is 1. The van der Waals surface area contributed by atoms with Gasteiger partial charge in [0.15, 0.2) is 0 Å².